The number of cyclic esters (lactones) is 1. The molecule has 1 aromatic rings. The molecule has 2 heterocycles. The van der Waals surface area contributed by atoms with Gasteiger partial charge in [0.25, 0.3) is 0 Å². The van der Waals surface area contributed by atoms with E-state index in [9.17, 15) is 14.7 Å². The summed E-state index contributed by atoms with van der Waals surface area (Å²) in [6.07, 6.45) is 7.01. The lowest BCUT2D eigenvalue weighted by molar-refractivity contribution is -0.148. The number of Topliss-reactive ketones (excluding diaryl/α,β-unsaturated/α-hetero) is 1. The second-order valence-corrected chi connectivity index (χ2v) is 13.1. The van der Waals surface area contributed by atoms with E-state index in [1.807, 2.05) is 53.0 Å². The van der Waals surface area contributed by atoms with Crippen LogP contribution in [0.5, 0.6) is 0 Å². The summed E-state index contributed by atoms with van der Waals surface area (Å²) in [7, 11) is 1.00. The maximum Gasteiger partial charge on any atom is 0.306 e. The summed E-state index contributed by atoms with van der Waals surface area (Å²) < 4.78 is 5.90. The molecule has 224 valence electrons. The van der Waals surface area contributed by atoms with Crippen molar-refractivity contribution in [3.05, 3.63) is 33.3 Å². The Morgan fingerprint density at radius 3 is 2.28 bits per heavy atom. The van der Waals surface area contributed by atoms with Crippen molar-refractivity contribution in [2.24, 2.45) is 23.2 Å². The number of ketones is 1. The molecule has 0 unspecified atom stereocenters. The van der Waals surface area contributed by atoms with Crippen molar-refractivity contribution in [3.63, 3.8) is 0 Å². The lowest BCUT2D eigenvalue weighted by Gasteiger charge is -2.31. The summed E-state index contributed by atoms with van der Waals surface area (Å²) in [4.78, 5) is 30.4. The maximum atomic E-state index is 13.1. The van der Waals surface area contributed by atoms with Crippen LogP contribution in [0.4, 0.5) is 0 Å². The van der Waals surface area contributed by atoms with Crippen LogP contribution in [0.25, 0.3) is 6.08 Å². The number of aryl methyl sites for hydroxylation is 1. The van der Waals surface area contributed by atoms with E-state index in [1.54, 1.807) is 11.3 Å². The standard InChI is InChI=1S/C27H41NO4S.C4H10.CH4O/c1-17-9-8-10-18(2)25(30)20(4)26(31)27(6,7)14-13-24(29)32-23(12-11-17)19(3)15-22-16-33-21(5)28-22;1-4(2)3;1-2/h11,15-16,18,20,23,25,30H,8-10,12-14H2,1-7H3;4H,1-3H3;2H,1H3/b17-11-,19-15+;;/t18-,20+,23-,25-;;/m0../s1. The second kappa shape index (κ2) is 18.5. The quantitative estimate of drug-likeness (QED) is 0.284. The van der Waals surface area contributed by atoms with Gasteiger partial charge in [-0.05, 0) is 69.9 Å². The number of allylic oxidation sites excluding steroid dienone is 1. The number of thiazole rings is 1. The number of ether oxygens (including phenoxy) is 1. The van der Waals surface area contributed by atoms with Crippen LogP contribution in [0.1, 0.15) is 112 Å². The molecule has 2 rings (SSSR count). The van der Waals surface area contributed by atoms with Crippen molar-refractivity contribution < 1.29 is 24.5 Å². The summed E-state index contributed by atoms with van der Waals surface area (Å²) in [5.74, 6) is 0.118. The summed E-state index contributed by atoms with van der Waals surface area (Å²) in [6.45, 7) is 20.1. The fourth-order valence-electron chi connectivity index (χ4n) is 4.40. The third-order valence-electron chi connectivity index (χ3n) is 6.83. The Kier molecular flexibility index (Phi) is 17.6. The summed E-state index contributed by atoms with van der Waals surface area (Å²) in [5.41, 5.74) is 2.38. The van der Waals surface area contributed by atoms with Crippen molar-refractivity contribution in [3.8, 4) is 0 Å². The Balaban J connectivity index is 0.00000220. The van der Waals surface area contributed by atoms with Crippen molar-refractivity contribution in [1.82, 2.24) is 4.98 Å². The topological polar surface area (TPSA) is 96.7 Å². The fraction of sp³-hybridized carbons (Fsp3) is 0.719. The van der Waals surface area contributed by atoms with Gasteiger partial charge in [0.05, 0.1) is 16.8 Å². The monoisotopic (exact) mass is 565 g/mol. The van der Waals surface area contributed by atoms with Crippen LogP contribution < -0.4 is 0 Å². The van der Waals surface area contributed by atoms with E-state index >= 15 is 0 Å². The first-order valence-corrected chi connectivity index (χ1v) is 15.1. The lowest BCUT2D eigenvalue weighted by Crippen LogP contribution is -2.39. The van der Waals surface area contributed by atoms with E-state index in [1.165, 1.54) is 5.57 Å². The Labute approximate surface area is 242 Å². The summed E-state index contributed by atoms with van der Waals surface area (Å²) >= 11 is 1.60. The predicted molar refractivity (Wildman–Crippen MR) is 164 cm³/mol. The molecular formula is C32H55NO5S. The molecule has 0 radical (unpaired) electrons. The number of carbonyl (C=O) groups is 2. The Bertz CT molecular complexity index is 928. The SMILES string of the molecule is C/C1=C/C[C@@H](/C(C)=C/c2csc(C)n2)OC(=O)CCC(C)(C)C(=O)[C@H](C)[C@@H](O)[C@@H](C)CCC1.CC(C)C.CO. The zero-order valence-electron chi connectivity index (χ0n) is 26.3. The molecule has 0 bridgehead atoms. The average molecular weight is 566 g/mol. The van der Waals surface area contributed by atoms with Crippen LogP contribution in [0.3, 0.4) is 0 Å². The van der Waals surface area contributed by atoms with Crippen molar-refractivity contribution >= 4 is 29.2 Å². The van der Waals surface area contributed by atoms with Crippen LogP contribution in [0.2, 0.25) is 0 Å². The summed E-state index contributed by atoms with van der Waals surface area (Å²) in [6, 6.07) is 0. The largest absolute Gasteiger partial charge is 0.457 e. The maximum absolute atomic E-state index is 13.1. The van der Waals surface area contributed by atoms with Gasteiger partial charge in [0.15, 0.2) is 0 Å². The molecule has 0 spiro atoms. The van der Waals surface area contributed by atoms with Crippen molar-refractivity contribution in [2.75, 3.05) is 7.11 Å². The van der Waals surface area contributed by atoms with Crippen LogP contribution >= 0.6 is 11.3 Å². The van der Waals surface area contributed by atoms with Crippen LogP contribution in [-0.2, 0) is 14.3 Å². The zero-order valence-corrected chi connectivity index (χ0v) is 27.2. The van der Waals surface area contributed by atoms with Crippen LogP contribution in [0, 0.1) is 30.1 Å². The molecule has 0 aliphatic carbocycles. The molecule has 39 heavy (non-hydrogen) atoms. The Morgan fingerprint density at radius 2 is 1.74 bits per heavy atom. The van der Waals surface area contributed by atoms with E-state index in [0.717, 1.165) is 48.6 Å². The second-order valence-electron chi connectivity index (χ2n) is 12.1. The minimum Gasteiger partial charge on any atom is -0.457 e. The minimum absolute atomic E-state index is 0.00403. The van der Waals surface area contributed by atoms with Crippen LogP contribution in [-0.4, -0.2) is 46.3 Å². The van der Waals surface area contributed by atoms with Gasteiger partial charge in [-0.1, -0.05) is 60.1 Å². The number of rotatable bonds is 2. The van der Waals surface area contributed by atoms with Crippen LogP contribution in [0.15, 0.2) is 22.6 Å². The number of aromatic nitrogens is 1. The van der Waals surface area contributed by atoms with Gasteiger partial charge in [-0.3, -0.25) is 9.59 Å². The van der Waals surface area contributed by atoms with E-state index < -0.39 is 17.4 Å². The number of hydrogen-bond acceptors (Lipinski definition) is 7. The van der Waals surface area contributed by atoms with E-state index in [0.29, 0.717) is 12.8 Å². The van der Waals surface area contributed by atoms with Gasteiger partial charge >= 0.3 is 5.97 Å². The molecule has 0 aromatic carbocycles. The minimum atomic E-state index is -0.703. The van der Waals surface area contributed by atoms with Crippen molar-refractivity contribution in [1.29, 1.82) is 0 Å². The first kappa shape index (κ1) is 37.2. The molecule has 1 aliphatic heterocycles. The third kappa shape index (κ3) is 14.4. The summed E-state index contributed by atoms with van der Waals surface area (Å²) in [5, 5.41) is 20.8. The van der Waals surface area contributed by atoms with Gasteiger partial charge < -0.3 is 14.9 Å². The van der Waals surface area contributed by atoms with E-state index in [4.69, 9.17) is 9.84 Å². The average Bonchev–Trinajstić information content (AvgIpc) is 3.28. The third-order valence-corrected chi connectivity index (χ3v) is 7.63. The number of hydrogen-bond donors (Lipinski definition) is 2. The molecule has 0 fully saturated rings. The molecule has 0 saturated carbocycles. The molecule has 0 amide bonds. The molecule has 1 aromatic heterocycles. The first-order valence-electron chi connectivity index (χ1n) is 14.3. The normalized spacial score (nSPS) is 26.8. The molecule has 7 heteroatoms. The zero-order chi connectivity index (χ0) is 30.3. The number of carbonyl (C=O) groups excluding carboxylic acids is 2. The number of esters is 1. The number of nitrogens with zero attached hydrogens (tertiary/aromatic N) is 1. The smallest absolute Gasteiger partial charge is 0.306 e. The molecule has 6 nitrogen and oxygen atoms in total. The lowest BCUT2D eigenvalue weighted by atomic mass is 9.74. The number of aliphatic hydroxyl groups excluding tert-OH is 2. The molecular weight excluding hydrogens is 510 g/mol. The fourth-order valence-corrected chi connectivity index (χ4v) is 4.97. The van der Waals surface area contributed by atoms with Gasteiger partial charge in [0.2, 0.25) is 0 Å². The first-order chi connectivity index (χ1) is 18.1. The number of aliphatic hydroxyl groups is 2. The Hall–Kier alpha value is -1.83. The van der Waals surface area contributed by atoms with E-state index in [-0.39, 0.29) is 30.2 Å². The van der Waals surface area contributed by atoms with Gasteiger partial charge in [-0.15, -0.1) is 11.3 Å². The highest BCUT2D eigenvalue weighted by Crippen LogP contribution is 2.32. The van der Waals surface area contributed by atoms with Crippen molar-refractivity contribution in [2.45, 2.75) is 120 Å². The van der Waals surface area contributed by atoms with Gasteiger partial charge in [0, 0.05) is 36.7 Å². The Morgan fingerprint density at radius 1 is 1.15 bits per heavy atom. The van der Waals surface area contributed by atoms with Gasteiger partial charge in [0.1, 0.15) is 11.9 Å². The molecule has 0 saturated heterocycles. The predicted octanol–water partition coefficient (Wildman–Crippen LogP) is 7.57. The highest BCUT2D eigenvalue weighted by molar-refractivity contribution is 7.09. The molecule has 1 aliphatic rings. The van der Waals surface area contributed by atoms with E-state index in [2.05, 4.69) is 38.8 Å². The highest BCUT2D eigenvalue weighted by atomic mass is 32.1. The highest BCUT2D eigenvalue weighted by Gasteiger charge is 2.36. The van der Waals surface area contributed by atoms with Gasteiger partial charge in [-0.2, -0.15) is 0 Å². The van der Waals surface area contributed by atoms with Gasteiger partial charge in [-0.25, -0.2) is 4.98 Å². The molecule has 2 N–H and O–H groups in total. The molecule has 4 atom stereocenters.